The molecule has 0 amide bonds. The molecule has 4 heteroatoms. The third-order valence-corrected chi connectivity index (χ3v) is 3.24. The molecule has 0 bridgehead atoms. The number of aromatic nitrogens is 2. The second-order valence-corrected chi connectivity index (χ2v) is 4.35. The SMILES string of the molecule is Cc1c(C(=O)O)c2ccccn2c1-c1cccnc1. The Labute approximate surface area is 110 Å². The van der Waals surface area contributed by atoms with Crippen LogP contribution >= 0.6 is 0 Å². The molecule has 0 aliphatic carbocycles. The summed E-state index contributed by atoms with van der Waals surface area (Å²) in [7, 11) is 0. The molecule has 3 rings (SSSR count). The zero-order chi connectivity index (χ0) is 13.4. The van der Waals surface area contributed by atoms with Crippen molar-refractivity contribution in [1.29, 1.82) is 0 Å². The Morgan fingerprint density at radius 3 is 2.79 bits per heavy atom. The molecular formula is C15H12N2O2. The van der Waals surface area contributed by atoms with E-state index in [4.69, 9.17) is 0 Å². The minimum atomic E-state index is -0.906. The fourth-order valence-corrected chi connectivity index (χ4v) is 2.46. The number of carbonyl (C=O) groups is 1. The third kappa shape index (κ3) is 1.69. The van der Waals surface area contributed by atoms with Crippen LogP contribution in [-0.2, 0) is 0 Å². The van der Waals surface area contributed by atoms with Crippen molar-refractivity contribution in [3.8, 4) is 11.3 Å². The van der Waals surface area contributed by atoms with Gasteiger partial charge < -0.3 is 9.51 Å². The van der Waals surface area contributed by atoms with Gasteiger partial charge in [-0.15, -0.1) is 0 Å². The van der Waals surface area contributed by atoms with Gasteiger partial charge in [-0.3, -0.25) is 4.98 Å². The van der Waals surface area contributed by atoms with E-state index in [1.54, 1.807) is 12.4 Å². The van der Waals surface area contributed by atoms with Crippen LogP contribution in [0.25, 0.3) is 16.8 Å². The van der Waals surface area contributed by atoms with Gasteiger partial charge in [-0.25, -0.2) is 4.79 Å². The van der Waals surface area contributed by atoms with E-state index < -0.39 is 5.97 Å². The molecule has 0 unspecified atom stereocenters. The molecule has 0 saturated carbocycles. The van der Waals surface area contributed by atoms with Crippen molar-refractivity contribution in [2.75, 3.05) is 0 Å². The van der Waals surface area contributed by atoms with Crippen molar-refractivity contribution in [3.05, 3.63) is 60.0 Å². The molecule has 1 N–H and O–H groups in total. The monoisotopic (exact) mass is 252 g/mol. The fraction of sp³-hybridized carbons (Fsp3) is 0.0667. The maximum Gasteiger partial charge on any atom is 0.338 e. The van der Waals surface area contributed by atoms with Crippen LogP contribution < -0.4 is 0 Å². The predicted molar refractivity (Wildman–Crippen MR) is 72.3 cm³/mol. The molecule has 0 spiro atoms. The van der Waals surface area contributed by atoms with E-state index in [0.717, 1.165) is 16.8 Å². The standard InChI is InChI=1S/C15H12N2O2/c1-10-13(15(18)19)12-6-2-3-8-17(12)14(10)11-5-4-7-16-9-11/h2-9H,1H3,(H,18,19). The van der Waals surface area contributed by atoms with Gasteiger partial charge in [0.05, 0.1) is 16.8 Å². The second-order valence-electron chi connectivity index (χ2n) is 4.35. The average Bonchev–Trinajstić information content (AvgIpc) is 2.71. The number of pyridine rings is 2. The molecular weight excluding hydrogens is 240 g/mol. The molecule has 3 aromatic heterocycles. The molecule has 0 aliphatic rings. The second kappa shape index (κ2) is 4.24. The van der Waals surface area contributed by atoms with Gasteiger partial charge in [0.1, 0.15) is 0 Å². The maximum absolute atomic E-state index is 11.5. The summed E-state index contributed by atoms with van der Waals surface area (Å²) >= 11 is 0. The number of aromatic carboxylic acids is 1. The number of hydrogen-bond donors (Lipinski definition) is 1. The molecule has 0 radical (unpaired) electrons. The molecule has 0 saturated heterocycles. The molecule has 94 valence electrons. The number of hydrogen-bond acceptors (Lipinski definition) is 2. The van der Waals surface area contributed by atoms with Gasteiger partial charge in [0, 0.05) is 24.2 Å². The quantitative estimate of drug-likeness (QED) is 0.762. The first-order valence-corrected chi connectivity index (χ1v) is 5.93. The van der Waals surface area contributed by atoms with Crippen molar-refractivity contribution in [3.63, 3.8) is 0 Å². The van der Waals surface area contributed by atoms with Crippen molar-refractivity contribution in [2.45, 2.75) is 6.92 Å². The lowest BCUT2D eigenvalue weighted by Crippen LogP contribution is -1.97. The molecule has 0 aliphatic heterocycles. The van der Waals surface area contributed by atoms with Gasteiger partial charge in [-0.2, -0.15) is 0 Å². The molecule has 0 fully saturated rings. The molecule has 19 heavy (non-hydrogen) atoms. The van der Waals surface area contributed by atoms with Crippen LogP contribution in [-0.4, -0.2) is 20.5 Å². The smallest absolute Gasteiger partial charge is 0.338 e. The molecule has 3 aromatic rings. The Hall–Kier alpha value is -2.62. The fourth-order valence-electron chi connectivity index (χ4n) is 2.46. The van der Waals surface area contributed by atoms with E-state index in [2.05, 4.69) is 4.98 Å². The lowest BCUT2D eigenvalue weighted by molar-refractivity contribution is 0.0698. The van der Waals surface area contributed by atoms with Crippen LogP contribution in [0, 0.1) is 6.92 Å². The zero-order valence-corrected chi connectivity index (χ0v) is 10.4. The van der Waals surface area contributed by atoms with Gasteiger partial charge in [0.2, 0.25) is 0 Å². The molecule has 3 heterocycles. The van der Waals surface area contributed by atoms with Gasteiger partial charge >= 0.3 is 5.97 Å². The Morgan fingerprint density at radius 1 is 1.26 bits per heavy atom. The predicted octanol–water partition coefficient (Wildman–Crippen LogP) is 3.01. The van der Waals surface area contributed by atoms with Gasteiger partial charge in [0.15, 0.2) is 0 Å². The maximum atomic E-state index is 11.5. The number of carboxylic acid groups (broad SMARTS) is 1. The Morgan fingerprint density at radius 2 is 2.11 bits per heavy atom. The highest BCUT2D eigenvalue weighted by Gasteiger charge is 2.20. The van der Waals surface area contributed by atoms with Crippen LogP contribution in [0.4, 0.5) is 0 Å². The highest BCUT2D eigenvalue weighted by Crippen LogP contribution is 2.30. The van der Waals surface area contributed by atoms with Crippen LogP contribution in [0.2, 0.25) is 0 Å². The number of fused-ring (bicyclic) bond motifs is 1. The summed E-state index contributed by atoms with van der Waals surface area (Å²) in [6.07, 6.45) is 5.32. The van der Waals surface area contributed by atoms with E-state index in [-0.39, 0.29) is 0 Å². The van der Waals surface area contributed by atoms with E-state index in [0.29, 0.717) is 11.1 Å². The summed E-state index contributed by atoms with van der Waals surface area (Å²) in [5, 5.41) is 9.39. The first kappa shape index (κ1) is 11.5. The van der Waals surface area contributed by atoms with E-state index in [9.17, 15) is 9.90 Å². The first-order chi connectivity index (χ1) is 9.20. The zero-order valence-electron chi connectivity index (χ0n) is 10.4. The van der Waals surface area contributed by atoms with E-state index in [1.807, 2.05) is 47.9 Å². The van der Waals surface area contributed by atoms with Crippen molar-refractivity contribution < 1.29 is 9.90 Å². The Balaban J connectivity index is 2.43. The minimum absolute atomic E-state index is 0.347. The molecule has 0 aromatic carbocycles. The Kier molecular flexibility index (Phi) is 2.56. The summed E-state index contributed by atoms with van der Waals surface area (Å²) in [6, 6.07) is 9.32. The van der Waals surface area contributed by atoms with Crippen LogP contribution in [0.3, 0.4) is 0 Å². The van der Waals surface area contributed by atoms with Crippen molar-refractivity contribution in [1.82, 2.24) is 9.38 Å². The third-order valence-electron chi connectivity index (χ3n) is 3.24. The topological polar surface area (TPSA) is 54.6 Å². The first-order valence-electron chi connectivity index (χ1n) is 5.93. The normalized spacial score (nSPS) is 10.8. The van der Waals surface area contributed by atoms with E-state index >= 15 is 0 Å². The minimum Gasteiger partial charge on any atom is -0.478 e. The lowest BCUT2D eigenvalue weighted by Gasteiger charge is -2.03. The summed E-state index contributed by atoms with van der Waals surface area (Å²) in [4.78, 5) is 15.6. The van der Waals surface area contributed by atoms with Crippen molar-refractivity contribution in [2.24, 2.45) is 0 Å². The highest BCUT2D eigenvalue weighted by atomic mass is 16.4. The lowest BCUT2D eigenvalue weighted by atomic mass is 10.1. The van der Waals surface area contributed by atoms with E-state index in [1.165, 1.54) is 0 Å². The summed E-state index contributed by atoms with van der Waals surface area (Å²) < 4.78 is 1.90. The van der Waals surface area contributed by atoms with Gasteiger partial charge in [-0.1, -0.05) is 6.07 Å². The van der Waals surface area contributed by atoms with Crippen LogP contribution in [0.15, 0.2) is 48.9 Å². The number of nitrogens with zero attached hydrogens (tertiary/aromatic N) is 2. The summed E-state index contributed by atoms with van der Waals surface area (Å²) in [6.45, 7) is 1.83. The summed E-state index contributed by atoms with van der Waals surface area (Å²) in [5.41, 5.74) is 3.59. The number of rotatable bonds is 2. The molecule has 0 atom stereocenters. The van der Waals surface area contributed by atoms with Gasteiger partial charge in [0.25, 0.3) is 0 Å². The molecule has 4 nitrogen and oxygen atoms in total. The van der Waals surface area contributed by atoms with Gasteiger partial charge in [-0.05, 0) is 36.8 Å². The average molecular weight is 252 g/mol. The Bertz CT molecular complexity index is 760. The summed E-state index contributed by atoms with van der Waals surface area (Å²) in [5.74, 6) is -0.906. The van der Waals surface area contributed by atoms with Crippen molar-refractivity contribution >= 4 is 11.5 Å². The highest BCUT2D eigenvalue weighted by molar-refractivity contribution is 6.00. The van der Waals surface area contributed by atoms with Crippen LogP contribution in [0.1, 0.15) is 15.9 Å². The number of carboxylic acids is 1. The van der Waals surface area contributed by atoms with Crippen LogP contribution in [0.5, 0.6) is 0 Å². The largest absolute Gasteiger partial charge is 0.478 e.